The molecule has 0 amide bonds. The van der Waals surface area contributed by atoms with Gasteiger partial charge >= 0.3 is 0 Å². The van der Waals surface area contributed by atoms with Gasteiger partial charge < -0.3 is 9.13 Å². The maximum absolute atomic E-state index is 10.5. The Kier molecular flexibility index (Phi) is 6.56. The highest BCUT2D eigenvalue weighted by Crippen LogP contribution is 2.41. The number of para-hydroxylation sites is 3. The molecular formula is C45H25N5. The van der Waals surface area contributed by atoms with Crippen LogP contribution in [0.3, 0.4) is 0 Å². The first-order valence-corrected chi connectivity index (χ1v) is 16.3. The SMILES string of the molecule is [C-]#[N+]c1cc(C#N)c(-c2cccc(-c3cccc(-n4c5ccccc5c5cc(C#N)ccc54)c3)c2)c(-n2c3ccccc3c3ccccc32)c1. The number of hydrogen-bond acceptors (Lipinski definition) is 2. The highest BCUT2D eigenvalue weighted by Gasteiger charge is 2.20. The second-order valence-electron chi connectivity index (χ2n) is 12.3. The van der Waals surface area contributed by atoms with Gasteiger partial charge in [-0.25, -0.2) is 4.85 Å². The molecule has 7 aromatic carbocycles. The predicted molar refractivity (Wildman–Crippen MR) is 202 cm³/mol. The second kappa shape index (κ2) is 11.4. The molecule has 50 heavy (non-hydrogen) atoms. The van der Waals surface area contributed by atoms with Crippen molar-refractivity contribution in [2.45, 2.75) is 0 Å². The Morgan fingerprint density at radius 2 is 1.06 bits per heavy atom. The Hall–Kier alpha value is -7.39. The van der Waals surface area contributed by atoms with Crippen molar-refractivity contribution >= 4 is 49.3 Å². The van der Waals surface area contributed by atoms with E-state index in [-0.39, 0.29) is 0 Å². The van der Waals surface area contributed by atoms with Crippen LogP contribution < -0.4 is 0 Å². The average molecular weight is 636 g/mol. The summed E-state index contributed by atoms with van der Waals surface area (Å²) in [5.74, 6) is 0. The fraction of sp³-hybridized carbons (Fsp3) is 0. The Labute approximate surface area is 288 Å². The lowest BCUT2D eigenvalue weighted by Crippen LogP contribution is -2.00. The minimum Gasteiger partial charge on any atom is -0.310 e. The van der Waals surface area contributed by atoms with E-state index in [4.69, 9.17) is 6.57 Å². The molecule has 2 heterocycles. The van der Waals surface area contributed by atoms with Gasteiger partial charge in [0.1, 0.15) is 0 Å². The first-order chi connectivity index (χ1) is 24.7. The zero-order valence-electron chi connectivity index (χ0n) is 26.7. The van der Waals surface area contributed by atoms with Crippen LogP contribution in [-0.4, -0.2) is 9.13 Å². The summed E-state index contributed by atoms with van der Waals surface area (Å²) in [7, 11) is 0. The molecule has 0 bridgehead atoms. The standard InChI is InChI=1S/C45H25N5/c1-48-34-24-33(28-47)45(44(26-34)50-41-18-6-2-14-36(41)37-15-3-7-19-42(37)50)32-12-8-10-30(23-32)31-11-9-13-35(25-31)49-40-17-5-4-16-38(40)39-22-29(27-46)20-21-43(39)49/h2-26H. The molecule has 0 atom stereocenters. The molecular weight excluding hydrogens is 611 g/mol. The largest absolute Gasteiger partial charge is 0.310 e. The van der Waals surface area contributed by atoms with E-state index in [9.17, 15) is 10.5 Å². The Balaban J connectivity index is 1.25. The van der Waals surface area contributed by atoms with Crippen LogP contribution in [0, 0.1) is 29.2 Å². The number of nitriles is 2. The molecule has 0 saturated carbocycles. The van der Waals surface area contributed by atoms with Crippen LogP contribution in [-0.2, 0) is 0 Å². The van der Waals surface area contributed by atoms with Gasteiger partial charge in [-0.3, -0.25) is 0 Å². The van der Waals surface area contributed by atoms with Gasteiger partial charge in [-0.1, -0.05) is 84.9 Å². The number of hydrogen-bond donors (Lipinski definition) is 0. The van der Waals surface area contributed by atoms with Crippen LogP contribution in [0.2, 0.25) is 0 Å². The fourth-order valence-electron chi connectivity index (χ4n) is 7.43. The third kappa shape index (κ3) is 4.38. The smallest absolute Gasteiger partial charge is 0.190 e. The average Bonchev–Trinajstić information content (AvgIpc) is 3.70. The van der Waals surface area contributed by atoms with Gasteiger partial charge in [-0.05, 0) is 83.4 Å². The first-order valence-electron chi connectivity index (χ1n) is 16.3. The number of benzene rings is 7. The van der Waals surface area contributed by atoms with Gasteiger partial charge in [0, 0.05) is 38.5 Å². The zero-order valence-corrected chi connectivity index (χ0v) is 26.7. The lowest BCUT2D eigenvalue weighted by Gasteiger charge is -2.17. The molecule has 0 spiro atoms. The molecule has 0 radical (unpaired) electrons. The van der Waals surface area contributed by atoms with Crippen molar-refractivity contribution in [2.24, 2.45) is 0 Å². The summed E-state index contributed by atoms with van der Waals surface area (Å²) in [5.41, 5.74) is 11.1. The number of aromatic nitrogens is 2. The number of fused-ring (bicyclic) bond motifs is 6. The maximum Gasteiger partial charge on any atom is 0.190 e. The van der Waals surface area contributed by atoms with Crippen molar-refractivity contribution in [1.82, 2.24) is 9.13 Å². The van der Waals surface area contributed by atoms with E-state index >= 15 is 0 Å². The van der Waals surface area contributed by atoms with E-state index in [0.29, 0.717) is 16.8 Å². The number of nitrogens with zero attached hydrogens (tertiary/aromatic N) is 5. The van der Waals surface area contributed by atoms with E-state index < -0.39 is 0 Å². The molecule has 9 aromatic rings. The summed E-state index contributed by atoms with van der Waals surface area (Å²) >= 11 is 0. The van der Waals surface area contributed by atoms with E-state index in [0.717, 1.165) is 77.2 Å². The van der Waals surface area contributed by atoms with Crippen molar-refractivity contribution in [2.75, 3.05) is 0 Å². The minimum atomic E-state index is 0.416. The monoisotopic (exact) mass is 635 g/mol. The summed E-state index contributed by atoms with van der Waals surface area (Å²) in [6.07, 6.45) is 0. The van der Waals surface area contributed by atoms with E-state index in [1.165, 1.54) is 0 Å². The van der Waals surface area contributed by atoms with Crippen molar-refractivity contribution in [1.29, 1.82) is 10.5 Å². The third-order valence-electron chi connectivity index (χ3n) is 9.56. The van der Waals surface area contributed by atoms with Gasteiger partial charge in [0.2, 0.25) is 0 Å². The van der Waals surface area contributed by atoms with Gasteiger partial charge in [0.25, 0.3) is 0 Å². The summed E-state index contributed by atoms with van der Waals surface area (Å²) in [6.45, 7) is 7.88. The van der Waals surface area contributed by atoms with Gasteiger partial charge in [-0.2, -0.15) is 10.5 Å². The predicted octanol–water partition coefficient (Wildman–Crippen LogP) is 11.5. The molecule has 0 unspecified atom stereocenters. The maximum atomic E-state index is 10.5. The summed E-state index contributed by atoms with van der Waals surface area (Å²) in [5, 5.41) is 24.4. The molecule has 2 aromatic heterocycles. The molecule has 230 valence electrons. The van der Waals surface area contributed by atoms with Crippen molar-refractivity contribution < 1.29 is 0 Å². The lowest BCUT2D eigenvalue weighted by atomic mass is 9.94. The summed E-state index contributed by atoms with van der Waals surface area (Å²) in [6, 6.07) is 55.7. The molecule has 0 aliphatic rings. The molecule has 5 heteroatoms. The Morgan fingerprint density at radius 1 is 0.480 bits per heavy atom. The molecule has 0 aliphatic carbocycles. The molecule has 0 aliphatic heterocycles. The van der Waals surface area contributed by atoms with E-state index in [1.807, 2.05) is 72.8 Å². The topological polar surface area (TPSA) is 61.8 Å². The summed E-state index contributed by atoms with van der Waals surface area (Å²) in [4.78, 5) is 3.76. The van der Waals surface area contributed by atoms with Crippen LogP contribution in [0.25, 0.3) is 82.1 Å². The number of rotatable bonds is 4. The minimum absolute atomic E-state index is 0.416. The van der Waals surface area contributed by atoms with Crippen molar-refractivity contribution in [3.8, 4) is 45.8 Å². The lowest BCUT2D eigenvalue weighted by molar-refractivity contribution is 1.18. The van der Waals surface area contributed by atoms with Gasteiger partial charge in [-0.15, -0.1) is 0 Å². The first kappa shape index (κ1) is 28.8. The molecule has 0 fully saturated rings. The van der Waals surface area contributed by atoms with Crippen molar-refractivity contribution in [3.63, 3.8) is 0 Å². The Morgan fingerprint density at radius 3 is 1.72 bits per heavy atom. The van der Waals surface area contributed by atoms with E-state index in [2.05, 4.69) is 98.9 Å². The van der Waals surface area contributed by atoms with Crippen molar-refractivity contribution in [3.05, 3.63) is 174 Å². The fourth-order valence-corrected chi connectivity index (χ4v) is 7.43. The molecule has 5 nitrogen and oxygen atoms in total. The second-order valence-corrected chi connectivity index (χ2v) is 12.3. The van der Waals surface area contributed by atoms with Crippen LogP contribution in [0.1, 0.15) is 11.1 Å². The summed E-state index contributed by atoms with van der Waals surface area (Å²) < 4.78 is 4.43. The van der Waals surface area contributed by atoms with Gasteiger partial charge in [0.05, 0.1) is 51.9 Å². The molecule has 9 rings (SSSR count). The normalized spacial score (nSPS) is 11.1. The molecule has 0 saturated heterocycles. The highest BCUT2D eigenvalue weighted by molar-refractivity contribution is 6.11. The van der Waals surface area contributed by atoms with Crippen LogP contribution in [0.4, 0.5) is 5.69 Å². The van der Waals surface area contributed by atoms with Crippen LogP contribution >= 0.6 is 0 Å². The Bertz CT molecular complexity index is 2920. The van der Waals surface area contributed by atoms with Gasteiger partial charge in [0.15, 0.2) is 5.69 Å². The van der Waals surface area contributed by atoms with Crippen LogP contribution in [0.15, 0.2) is 152 Å². The van der Waals surface area contributed by atoms with Crippen LogP contribution in [0.5, 0.6) is 0 Å². The van der Waals surface area contributed by atoms with E-state index in [1.54, 1.807) is 6.07 Å². The quantitative estimate of drug-likeness (QED) is 0.181. The molecule has 0 N–H and O–H groups in total. The third-order valence-corrected chi connectivity index (χ3v) is 9.56. The zero-order chi connectivity index (χ0) is 33.8. The highest BCUT2D eigenvalue weighted by atomic mass is 15.0.